The minimum atomic E-state index is -0.336. The van der Waals surface area contributed by atoms with E-state index >= 15 is 0 Å². The summed E-state index contributed by atoms with van der Waals surface area (Å²) in [6.07, 6.45) is 3.82. The topological polar surface area (TPSA) is 40.1 Å². The summed E-state index contributed by atoms with van der Waals surface area (Å²) in [6, 6.07) is 5.62. The summed E-state index contributed by atoms with van der Waals surface area (Å²) in [6.45, 7) is 5.97. The highest BCUT2D eigenvalue weighted by Gasteiger charge is 2.21. The summed E-state index contributed by atoms with van der Waals surface area (Å²) >= 11 is 0. The summed E-state index contributed by atoms with van der Waals surface area (Å²) in [5, 5.41) is 3.48. The number of aliphatic imine (C=N–C) groups is 1. The van der Waals surface area contributed by atoms with Crippen LogP contribution in [0.2, 0.25) is 0 Å². The van der Waals surface area contributed by atoms with Crippen molar-refractivity contribution in [2.75, 3.05) is 40.8 Å². The molecule has 0 saturated carbocycles. The first-order valence-electron chi connectivity index (χ1n) is 9.07. The quantitative estimate of drug-likeness (QED) is 0.387. The van der Waals surface area contributed by atoms with Crippen LogP contribution in [0.5, 0.6) is 5.75 Å². The van der Waals surface area contributed by atoms with Crippen LogP contribution in [0.25, 0.3) is 0 Å². The smallest absolute Gasteiger partial charge is 0.193 e. The predicted molar refractivity (Wildman–Crippen MR) is 116 cm³/mol. The van der Waals surface area contributed by atoms with Crippen LogP contribution in [0.4, 0.5) is 4.39 Å². The van der Waals surface area contributed by atoms with Crippen molar-refractivity contribution in [1.29, 1.82) is 0 Å². The van der Waals surface area contributed by atoms with E-state index in [1.54, 1.807) is 13.1 Å². The van der Waals surface area contributed by atoms with Gasteiger partial charge < -0.3 is 15.0 Å². The monoisotopic (exact) mass is 478 g/mol. The molecule has 1 fully saturated rings. The lowest BCUT2D eigenvalue weighted by Crippen LogP contribution is -2.49. The van der Waals surface area contributed by atoms with E-state index in [1.165, 1.54) is 39.0 Å². The normalized spacial score (nSPS) is 18.2. The molecule has 0 spiro atoms. The molecule has 2 rings (SSSR count). The van der Waals surface area contributed by atoms with Gasteiger partial charge in [0.15, 0.2) is 17.5 Å². The van der Waals surface area contributed by atoms with Gasteiger partial charge in [-0.2, -0.15) is 0 Å². The Morgan fingerprint density at radius 3 is 2.81 bits per heavy atom. The average Bonchev–Trinajstić information content (AvgIpc) is 2.62. The zero-order chi connectivity index (χ0) is 18.2. The highest BCUT2D eigenvalue weighted by molar-refractivity contribution is 14.0. The molecular formula is C19H32FIN4O. The van der Waals surface area contributed by atoms with Crippen LogP contribution in [-0.4, -0.2) is 62.6 Å². The molecule has 1 saturated heterocycles. The summed E-state index contributed by atoms with van der Waals surface area (Å²) in [5.41, 5.74) is 0.886. The van der Waals surface area contributed by atoms with E-state index in [1.807, 2.05) is 18.0 Å². The average molecular weight is 478 g/mol. The van der Waals surface area contributed by atoms with E-state index in [0.29, 0.717) is 12.6 Å². The molecule has 0 amide bonds. The number of hydrogen-bond donors (Lipinski definition) is 1. The maximum atomic E-state index is 13.9. The molecule has 1 atom stereocenters. The van der Waals surface area contributed by atoms with Gasteiger partial charge in [0.2, 0.25) is 0 Å². The molecule has 1 aliphatic heterocycles. The number of likely N-dealkylation sites (tertiary alicyclic amines) is 1. The second-order valence-corrected chi connectivity index (χ2v) is 6.53. The highest BCUT2D eigenvalue weighted by Crippen LogP contribution is 2.19. The zero-order valence-electron chi connectivity index (χ0n) is 16.3. The van der Waals surface area contributed by atoms with E-state index in [0.717, 1.165) is 24.6 Å². The second-order valence-electron chi connectivity index (χ2n) is 6.53. The van der Waals surface area contributed by atoms with Crippen LogP contribution in [0.3, 0.4) is 0 Å². The van der Waals surface area contributed by atoms with E-state index in [-0.39, 0.29) is 35.5 Å². The number of hydrogen-bond acceptors (Lipinski definition) is 3. The molecule has 148 valence electrons. The first kappa shape index (κ1) is 23.0. The van der Waals surface area contributed by atoms with Crippen molar-refractivity contribution in [1.82, 2.24) is 15.1 Å². The number of benzene rings is 1. The summed E-state index contributed by atoms with van der Waals surface area (Å²) in [5.74, 6) is 0.765. The summed E-state index contributed by atoms with van der Waals surface area (Å²) in [7, 11) is 5.22. The lowest BCUT2D eigenvalue weighted by atomic mass is 10.0. The standard InChI is InChI=1S/C19H31FN4O.HI/c1-5-24-11-7-6-8-16(24)13-22-19(21-2)23(3)14-15-9-10-18(25-4)17(20)12-15;/h9-10,12,16H,5-8,11,13-14H2,1-4H3,(H,21,22);1H. The van der Waals surface area contributed by atoms with E-state index < -0.39 is 0 Å². The van der Waals surface area contributed by atoms with Crippen LogP contribution in [-0.2, 0) is 6.54 Å². The molecule has 7 heteroatoms. The Bertz CT molecular complexity index is 585. The number of nitrogens with zero attached hydrogens (tertiary/aromatic N) is 3. The Labute approximate surface area is 174 Å². The van der Waals surface area contributed by atoms with Crippen LogP contribution in [0.1, 0.15) is 31.7 Å². The molecule has 1 aromatic carbocycles. The van der Waals surface area contributed by atoms with Crippen LogP contribution in [0.15, 0.2) is 23.2 Å². The molecule has 26 heavy (non-hydrogen) atoms. The zero-order valence-corrected chi connectivity index (χ0v) is 18.6. The maximum Gasteiger partial charge on any atom is 0.193 e. The minimum Gasteiger partial charge on any atom is -0.494 e. The van der Waals surface area contributed by atoms with Crippen LogP contribution < -0.4 is 10.1 Å². The van der Waals surface area contributed by atoms with Crippen molar-refractivity contribution in [3.63, 3.8) is 0 Å². The van der Waals surface area contributed by atoms with Gasteiger partial charge in [-0.3, -0.25) is 9.89 Å². The molecule has 1 aromatic rings. The molecule has 0 aromatic heterocycles. The third kappa shape index (κ3) is 6.26. The Balaban J connectivity index is 0.00000338. The van der Waals surface area contributed by atoms with Crippen molar-refractivity contribution in [3.05, 3.63) is 29.6 Å². The molecule has 0 radical (unpaired) electrons. The predicted octanol–water partition coefficient (Wildman–Crippen LogP) is 3.33. The molecule has 1 N–H and O–H groups in total. The maximum absolute atomic E-state index is 13.9. The SMILES string of the molecule is CCN1CCCCC1CNC(=NC)N(C)Cc1ccc(OC)c(F)c1.I. The molecule has 1 unspecified atom stereocenters. The number of guanidine groups is 1. The van der Waals surface area contributed by atoms with Gasteiger partial charge in [-0.15, -0.1) is 24.0 Å². The molecule has 5 nitrogen and oxygen atoms in total. The van der Waals surface area contributed by atoms with Gasteiger partial charge in [0.1, 0.15) is 0 Å². The van der Waals surface area contributed by atoms with Gasteiger partial charge in [0, 0.05) is 33.2 Å². The van der Waals surface area contributed by atoms with Gasteiger partial charge >= 0.3 is 0 Å². The van der Waals surface area contributed by atoms with E-state index in [9.17, 15) is 4.39 Å². The molecule has 0 bridgehead atoms. The number of rotatable bonds is 6. The number of nitrogens with one attached hydrogen (secondary N) is 1. The van der Waals surface area contributed by atoms with Gasteiger partial charge in [-0.05, 0) is 43.6 Å². The third-order valence-electron chi connectivity index (χ3n) is 4.86. The van der Waals surface area contributed by atoms with Crippen molar-refractivity contribution >= 4 is 29.9 Å². The van der Waals surface area contributed by atoms with E-state index in [2.05, 4.69) is 22.1 Å². The third-order valence-corrected chi connectivity index (χ3v) is 4.86. The Kier molecular flexibility index (Phi) is 10.2. The van der Waals surface area contributed by atoms with E-state index in [4.69, 9.17) is 4.74 Å². The lowest BCUT2D eigenvalue weighted by molar-refractivity contribution is 0.156. The first-order chi connectivity index (χ1) is 12.1. The molecule has 1 aliphatic rings. The lowest BCUT2D eigenvalue weighted by Gasteiger charge is -2.35. The number of piperidine rings is 1. The Morgan fingerprint density at radius 1 is 1.42 bits per heavy atom. The van der Waals surface area contributed by atoms with Crippen molar-refractivity contribution in [2.45, 2.75) is 38.8 Å². The fraction of sp³-hybridized carbons (Fsp3) is 0.632. The van der Waals surface area contributed by atoms with Crippen LogP contribution in [0, 0.1) is 5.82 Å². The number of methoxy groups -OCH3 is 1. The van der Waals surface area contributed by atoms with Gasteiger partial charge in [-0.1, -0.05) is 19.4 Å². The molecule has 1 heterocycles. The fourth-order valence-electron chi connectivity index (χ4n) is 3.46. The number of ether oxygens (including phenoxy) is 1. The van der Waals surface area contributed by atoms with Gasteiger partial charge in [0.05, 0.1) is 7.11 Å². The number of likely N-dealkylation sites (N-methyl/N-ethyl adjacent to an activating group) is 1. The number of halogens is 2. The molecular weight excluding hydrogens is 446 g/mol. The summed E-state index contributed by atoms with van der Waals surface area (Å²) < 4.78 is 18.8. The largest absolute Gasteiger partial charge is 0.494 e. The van der Waals surface area contributed by atoms with Crippen molar-refractivity contribution < 1.29 is 9.13 Å². The van der Waals surface area contributed by atoms with Crippen LogP contribution >= 0.6 is 24.0 Å². The highest BCUT2D eigenvalue weighted by atomic mass is 127. The fourth-order valence-corrected chi connectivity index (χ4v) is 3.46. The van der Waals surface area contributed by atoms with Crippen molar-refractivity contribution in [2.24, 2.45) is 4.99 Å². The second kappa shape index (κ2) is 11.6. The Morgan fingerprint density at radius 2 is 2.19 bits per heavy atom. The first-order valence-corrected chi connectivity index (χ1v) is 9.07. The van der Waals surface area contributed by atoms with Crippen molar-refractivity contribution in [3.8, 4) is 5.75 Å². The Hall–Kier alpha value is -1.09. The van der Waals surface area contributed by atoms with Gasteiger partial charge in [-0.25, -0.2) is 4.39 Å². The minimum absolute atomic E-state index is 0. The van der Waals surface area contributed by atoms with Gasteiger partial charge in [0.25, 0.3) is 0 Å². The summed E-state index contributed by atoms with van der Waals surface area (Å²) in [4.78, 5) is 8.91. The molecule has 0 aliphatic carbocycles.